The topological polar surface area (TPSA) is 35.3 Å². The van der Waals surface area contributed by atoms with Gasteiger partial charge in [-0.3, -0.25) is 0 Å². The maximum Gasteiger partial charge on any atom is 0.124 e. The molecule has 3 heteroatoms. The summed E-state index contributed by atoms with van der Waals surface area (Å²) in [6.45, 7) is 0.752. The summed E-state index contributed by atoms with van der Waals surface area (Å²) in [5, 5.41) is 3.86. The third kappa shape index (κ3) is 3.42. The number of ether oxygens (including phenoxy) is 1. The van der Waals surface area contributed by atoms with Gasteiger partial charge in [-0.2, -0.15) is 0 Å². The molecule has 0 spiro atoms. The molecule has 0 radical (unpaired) electrons. The second-order valence-electron chi connectivity index (χ2n) is 3.61. The minimum Gasteiger partial charge on any atom is -0.494 e. The SMILES string of the molecule is c1ccc(OCCCCc2ccon2)cc1. The Hall–Kier alpha value is -1.77. The Morgan fingerprint density at radius 3 is 2.69 bits per heavy atom. The smallest absolute Gasteiger partial charge is 0.124 e. The van der Waals surface area contributed by atoms with Crippen LogP contribution in [0.2, 0.25) is 0 Å². The number of benzene rings is 1. The Morgan fingerprint density at radius 1 is 1.06 bits per heavy atom. The lowest BCUT2D eigenvalue weighted by Gasteiger charge is -2.04. The van der Waals surface area contributed by atoms with Gasteiger partial charge in [0.1, 0.15) is 12.0 Å². The molecule has 1 heterocycles. The largest absolute Gasteiger partial charge is 0.494 e. The van der Waals surface area contributed by atoms with Gasteiger partial charge >= 0.3 is 0 Å². The highest BCUT2D eigenvalue weighted by molar-refractivity contribution is 5.20. The van der Waals surface area contributed by atoms with E-state index < -0.39 is 0 Å². The predicted molar refractivity (Wildman–Crippen MR) is 61.4 cm³/mol. The van der Waals surface area contributed by atoms with Crippen molar-refractivity contribution in [2.45, 2.75) is 19.3 Å². The molecule has 84 valence electrons. The zero-order chi connectivity index (χ0) is 11.1. The molecule has 0 unspecified atom stereocenters. The van der Waals surface area contributed by atoms with Crippen LogP contribution < -0.4 is 4.74 Å². The van der Waals surface area contributed by atoms with Crippen LogP contribution in [0, 0.1) is 0 Å². The Bertz CT molecular complexity index is 384. The van der Waals surface area contributed by atoms with E-state index in [4.69, 9.17) is 9.26 Å². The number of aryl methyl sites for hydroxylation is 1. The molecule has 0 saturated carbocycles. The molecule has 16 heavy (non-hydrogen) atoms. The van der Waals surface area contributed by atoms with Crippen LogP contribution in [0.4, 0.5) is 0 Å². The van der Waals surface area contributed by atoms with Gasteiger partial charge in [0.25, 0.3) is 0 Å². The molecule has 0 aliphatic rings. The molecule has 0 saturated heterocycles. The first kappa shape index (κ1) is 10.7. The fourth-order valence-corrected chi connectivity index (χ4v) is 1.48. The summed E-state index contributed by atoms with van der Waals surface area (Å²) in [6, 6.07) is 11.8. The third-order valence-corrected chi connectivity index (χ3v) is 2.33. The summed E-state index contributed by atoms with van der Waals surface area (Å²) in [7, 11) is 0. The molecule has 1 aromatic heterocycles. The van der Waals surface area contributed by atoms with Crippen molar-refractivity contribution in [1.82, 2.24) is 5.16 Å². The zero-order valence-electron chi connectivity index (χ0n) is 9.13. The van der Waals surface area contributed by atoms with E-state index in [1.807, 2.05) is 36.4 Å². The lowest BCUT2D eigenvalue weighted by Crippen LogP contribution is -1.98. The maximum absolute atomic E-state index is 5.58. The lowest BCUT2D eigenvalue weighted by atomic mass is 10.2. The minimum absolute atomic E-state index is 0.752. The average Bonchev–Trinajstić information content (AvgIpc) is 2.83. The highest BCUT2D eigenvalue weighted by Crippen LogP contribution is 2.09. The molecule has 0 atom stereocenters. The second-order valence-corrected chi connectivity index (χ2v) is 3.61. The first-order chi connectivity index (χ1) is 7.95. The van der Waals surface area contributed by atoms with E-state index in [1.165, 1.54) is 0 Å². The van der Waals surface area contributed by atoms with Gasteiger partial charge in [-0.05, 0) is 31.4 Å². The van der Waals surface area contributed by atoms with Crippen molar-refractivity contribution in [1.29, 1.82) is 0 Å². The molecule has 2 aromatic rings. The van der Waals surface area contributed by atoms with E-state index >= 15 is 0 Å². The van der Waals surface area contributed by atoms with Crippen LogP contribution in [0.1, 0.15) is 18.5 Å². The third-order valence-electron chi connectivity index (χ3n) is 2.33. The monoisotopic (exact) mass is 217 g/mol. The van der Waals surface area contributed by atoms with Crippen molar-refractivity contribution in [3.63, 3.8) is 0 Å². The van der Waals surface area contributed by atoms with Crippen molar-refractivity contribution >= 4 is 0 Å². The van der Waals surface area contributed by atoms with E-state index in [9.17, 15) is 0 Å². The number of aromatic nitrogens is 1. The van der Waals surface area contributed by atoms with Gasteiger partial charge in [0, 0.05) is 6.07 Å². The van der Waals surface area contributed by atoms with Gasteiger partial charge in [0.2, 0.25) is 0 Å². The molecule has 0 aliphatic heterocycles. The Morgan fingerprint density at radius 2 is 1.94 bits per heavy atom. The van der Waals surface area contributed by atoms with Gasteiger partial charge < -0.3 is 9.26 Å². The van der Waals surface area contributed by atoms with E-state index in [1.54, 1.807) is 6.26 Å². The molecule has 0 N–H and O–H groups in total. The Balaban J connectivity index is 1.59. The minimum atomic E-state index is 0.752. The first-order valence-electron chi connectivity index (χ1n) is 5.52. The van der Waals surface area contributed by atoms with Gasteiger partial charge in [-0.1, -0.05) is 23.4 Å². The Kier molecular flexibility index (Phi) is 4.00. The number of hydrogen-bond donors (Lipinski definition) is 0. The molecule has 0 fully saturated rings. The van der Waals surface area contributed by atoms with Crippen molar-refractivity contribution in [2.24, 2.45) is 0 Å². The number of unbranched alkanes of at least 4 members (excludes halogenated alkanes) is 1. The lowest BCUT2D eigenvalue weighted by molar-refractivity contribution is 0.306. The molecule has 0 amide bonds. The van der Waals surface area contributed by atoms with Crippen LogP contribution >= 0.6 is 0 Å². The quantitative estimate of drug-likeness (QED) is 0.697. The van der Waals surface area contributed by atoms with Crippen LogP contribution in [0.15, 0.2) is 47.2 Å². The maximum atomic E-state index is 5.58. The highest BCUT2D eigenvalue weighted by Gasteiger charge is 1.97. The number of nitrogens with zero attached hydrogens (tertiary/aromatic N) is 1. The summed E-state index contributed by atoms with van der Waals surface area (Å²) in [5.41, 5.74) is 1.01. The molecule has 1 aromatic carbocycles. The standard InChI is InChI=1S/C13H15NO2/c1-2-7-13(8-3-1)15-10-5-4-6-12-9-11-16-14-12/h1-3,7-9,11H,4-6,10H2. The van der Waals surface area contributed by atoms with Gasteiger partial charge in [0.15, 0.2) is 0 Å². The zero-order valence-corrected chi connectivity index (χ0v) is 9.13. The molecule has 0 aliphatic carbocycles. The van der Waals surface area contributed by atoms with Crippen LogP contribution in [-0.2, 0) is 6.42 Å². The van der Waals surface area contributed by atoms with E-state index in [0.717, 1.165) is 37.3 Å². The second kappa shape index (κ2) is 5.95. The van der Waals surface area contributed by atoms with Crippen LogP contribution in [0.25, 0.3) is 0 Å². The van der Waals surface area contributed by atoms with Gasteiger partial charge in [0.05, 0.1) is 12.3 Å². The van der Waals surface area contributed by atoms with E-state index in [2.05, 4.69) is 5.16 Å². The number of hydrogen-bond acceptors (Lipinski definition) is 3. The Labute approximate surface area is 95.0 Å². The fourth-order valence-electron chi connectivity index (χ4n) is 1.48. The van der Waals surface area contributed by atoms with Crippen LogP contribution in [-0.4, -0.2) is 11.8 Å². The summed E-state index contributed by atoms with van der Waals surface area (Å²) in [4.78, 5) is 0. The van der Waals surface area contributed by atoms with Gasteiger partial charge in [-0.25, -0.2) is 0 Å². The van der Waals surface area contributed by atoms with Crippen molar-refractivity contribution in [3.05, 3.63) is 48.4 Å². The normalized spacial score (nSPS) is 10.2. The molecule has 3 nitrogen and oxygen atoms in total. The highest BCUT2D eigenvalue weighted by atomic mass is 16.5. The summed E-state index contributed by atoms with van der Waals surface area (Å²) in [6.07, 6.45) is 4.66. The summed E-state index contributed by atoms with van der Waals surface area (Å²) in [5.74, 6) is 0.934. The van der Waals surface area contributed by atoms with Crippen molar-refractivity contribution < 1.29 is 9.26 Å². The fraction of sp³-hybridized carbons (Fsp3) is 0.308. The predicted octanol–water partition coefficient (Wildman–Crippen LogP) is 3.08. The number of para-hydroxylation sites is 1. The molecule has 2 rings (SSSR count). The first-order valence-corrected chi connectivity index (χ1v) is 5.52. The average molecular weight is 217 g/mol. The van der Waals surface area contributed by atoms with Crippen molar-refractivity contribution in [3.8, 4) is 5.75 Å². The van der Waals surface area contributed by atoms with E-state index in [-0.39, 0.29) is 0 Å². The van der Waals surface area contributed by atoms with Gasteiger partial charge in [-0.15, -0.1) is 0 Å². The molecular formula is C13H15NO2. The summed E-state index contributed by atoms with van der Waals surface area (Å²) >= 11 is 0. The number of rotatable bonds is 6. The molecule has 0 bridgehead atoms. The van der Waals surface area contributed by atoms with Crippen LogP contribution in [0.5, 0.6) is 5.75 Å². The molecular weight excluding hydrogens is 202 g/mol. The van der Waals surface area contributed by atoms with Crippen molar-refractivity contribution in [2.75, 3.05) is 6.61 Å². The van der Waals surface area contributed by atoms with Crippen LogP contribution in [0.3, 0.4) is 0 Å². The van der Waals surface area contributed by atoms with E-state index in [0.29, 0.717) is 0 Å². The summed E-state index contributed by atoms with van der Waals surface area (Å²) < 4.78 is 10.3.